The van der Waals surface area contributed by atoms with Crippen molar-refractivity contribution in [3.8, 4) is 5.75 Å². The Hall–Kier alpha value is -1.79. The Morgan fingerprint density at radius 1 is 1.28 bits per heavy atom. The van der Waals surface area contributed by atoms with E-state index in [0.717, 1.165) is 56.3 Å². The molecule has 0 aromatic heterocycles. The molecule has 1 aromatic rings. The van der Waals surface area contributed by atoms with Crippen molar-refractivity contribution in [3.05, 3.63) is 29.8 Å². The van der Waals surface area contributed by atoms with Crippen molar-refractivity contribution in [2.75, 3.05) is 33.4 Å². The second-order valence-electron chi connectivity index (χ2n) is 6.28. The standard InChI is InChI=1S/C19H31N3O3/c1-3-25-12-4-11-20-19(22-14-18(23)16-7-8-16)21-13-15-5-9-17(24-2)10-6-15/h5-6,9-10,16,18,23H,3-4,7-8,11-14H2,1-2H3,(H2,20,21,22)/t18-/m1/s1. The Bertz CT molecular complexity index is 515. The van der Waals surface area contributed by atoms with E-state index in [4.69, 9.17) is 9.47 Å². The molecule has 0 aliphatic heterocycles. The van der Waals surface area contributed by atoms with Gasteiger partial charge in [-0.3, -0.25) is 0 Å². The van der Waals surface area contributed by atoms with E-state index in [1.807, 2.05) is 31.2 Å². The Balaban J connectivity index is 1.83. The van der Waals surface area contributed by atoms with Crippen molar-refractivity contribution in [1.29, 1.82) is 0 Å². The molecule has 6 heteroatoms. The number of nitrogens with zero attached hydrogens (tertiary/aromatic N) is 1. The van der Waals surface area contributed by atoms with Crippen LogP contribution in [0.4, 0.5) is 0 Å². The molecule has 0 bridgehead atoms. The second-order valence-corrected chi connectivity index (χ2v) is 6.28. The van der Waals surface area contributed by atoms with Gasteiger partial charge >= 0.3 is 0 Å². The molecule has 25 heavy (non-hydrogen) atoms. The van der Waals surface area contributed by atoms with E-state index >= 15 is 0 Å². The highest BCUT2D eigenvalue weighted by Crippen LogP contribution is 2.32. The molecule has 1 saturated carbocycles. The minimum absolute atomic E-state index is 0.295. The van der Waals surface area contributed by atoms with Crippen LogP contribution in [0.5, 0.6) is 5.75 Å². The third kappa shape index (κ3) is 7.75. The van der Waals surface area contributed by atoms with Crippen molar-refractivity contribution in [1.82, 2.24) is 10.6 Å². The summed E-state index contributed by atoms with van der Waals surface area (Å²) in [6.45, 7) is 5.36. The number of aliphatic hydroxyl groups is 1. The molecule has 0 heterocycles. The molecule has 0 spiro atoms. The molecule has 3 N–H and O–H groups in total. The molecule has 0 amide bonds. The smallest absolute Gasteiger partial charge is 0.191 e. The minimum Gasteiger partial charge on any atom is -0.497 e. The highest BCUT2D eigenvalue weighted by Gasteiger charge is 2.29. The first-order chi connectivity index (χ1) is 12.2. The molecule has 1 atom stereocenters. The zero-order chi connectivity index (χ0) is 17.9. The number of aliphatic imine (C=N–C) groups is 1. The predicted octanol–water partition coefficient (Wildman–Crippen LogP) is 1.93. The van der Waals surface area contributed by atoms with Crippen molar-refractivity contribution in [2.24, 2.45) is 10.9 Å². The van der Waals surface area contributed by atoms with Gasteiger partial charge in [0, 0.05) is 26.3 Å². The summed E-state index contributed by atoms with van der Waals surface area (Å²) < 4.78 is 10.5. The van der Waals surface area contributed by atoms with E-state index in [-0.39, 0.29) is 6.10 Å². The molecule has 0 saturated heterocycles. The van der Waals surface area contributed by atoms with Crippen molar-refractivity contribution in [2.45, 2.75) is 38.8 Å². The van der Waals surface area contributed by atoms with E-state index in [2.05, 4.69) is 15.6 Å². The fraction of sp³-hybridized carbons (Fsp3) is 0.632. The topological polar surface area (TPSA) is 75.1 Å². The molecule has 1 aliphatic rings. The largest absolute Gasteiger partial charge is 0.497 e. The van der Waals surface area contributed by atoms with Gasteiger partial charge in [-0.15, -0.1) is 0 Å². The van der Waals surface area contributed by atoms with Gasteiger partial charge in [-0.1, -0.05) is 12.1 Å². The van der Waals surface area contributed by atoms with E-state index in [1.54, 1.807) is 7.11 Å². The summed E-state index contributed by atoms with van der Waals surface area (Å²) in [5.41, 5.74) is 1.11. The quantitative estimate of drug-likeness (QED) is 0.323. The summed E-state index contributed by atoms with van der Waals surface area (Å²) in [6.07, 6.45) is 2.88. The molecular formula is C19H31N3O3. The Morgan fingerprint density at radius 2 is 2.04 bits per heavy atom. The zero-order valence-corrected chi connectivity index (χ0v) is 15.3. The average Bonchev–Trinajstić information content (AvgIpc) is 3.48. The number of ether oxygens (including phenoxy) is 2. The zero-order valence-electron chi connectivity index (χ0n) is 15.3. The van der Waals surface area contributed by atoms with Gasteiger partial charge in [-0.05, 0) is 49.8 Å². The van der Waals surface area contributed by atoms with Crippen LogP contribution in [0.3, 0.4) is 0 Å². The van der Waals surface area contributed by atoms with E-state index in [0.29, 0.717) is 19.0 Å². The number of hydrogen-bond acceptors (Lipinski definition) is 4. The maximum Gasteiger partial charge on any atom is 0.191 e. The lowest BCUT2D eigenvalue weighted by atomic mass is 10.2. The summed E-state index contributed by atoms with van der Waals surface area (Å²) in [5.74, 6) is 2.02. The van der Waals surface area contributed by atoms with Crippen LogP contribution < -0.4 is 15.4 Å². The maximum absolute atomic E-state index is 10.0. The van der Waals surface area contributed by atoms with Crippen molar-refractivity contribution < 1.29 is 14.6 Å². The highest BCUT2D eigenvalue weighted by atomic mass is 16.5. The van der Waals surface area contributed by atoms with Gasteiger partial charge in [-0.25, -0.2) is 4.99 Å². The average molecular weight is 349 g/mol. The second kappa shape index (κ2) is 10.9. The van der Waals surface area contributed by atoms with Crippen LogP contribution >= 0.6 is 0 Å². The van der Waals surface area contributed by atoms with E-state index < -0.39 is 0 Å². The van der Waals surface area contributed by atoms with Gasteiger partial charge in [0.15, 0.2) is 5.96 Å². The van der Waals surface area contributed by atoms with E-state index in [9.17, 15) is 5.11 Å². The number of nitrogens with one attached hydrogen (secondary N) is 2. The number of hydrogen-bond donors (Lipinski definition) is 3. The lowest BCUT2D eigenvalue weighted by Crippen LogP contribution is -2.42. The van der Waals surface area contributed by atoms with E-state index in [1.165, 1.54) is 0 Å². The van der Waals surface area contributed by atoms with Gasteiger partial charge in [0.05, 0.1) is 19.8 Å². The molecule has 2 rings (SSSR count). The maximum atomic E-state index is 10.0. The molecule has 140 valence electrons. The fourth-order valence-electron chi connectivity index (χ4n) is 2.45. The van der Waals surface area contributed by atoms with Crippen LogP contribution in [0.25, 0.3) is 0 Å². The van der Waals surface area contributed by atoms with Crippen LogP contribution in [-0.2, 0) is 11.3 Å². The number of aliphatic hydroxyl groups excluding tert-OH is 1. The van der Waals surface area contributed by atoms with Crippen molar-refractivity contribution >= 4 is 5.96 Å². The van der Waals surface area contributed by atoms with Crippen LogP contribution in [0.1, 0.15) is 31.7 Å². The molecular weight excluding hydrogens is 318 g/mol. The van der Waals surface area contributed by atoms with Gasteiger partial charge in [-0.2, -0.15) is 0 Å². The van der Waals surface area contributed by atoms with Gasteiger partial charge in [0.25, 0.3) is 0 Å². The first kappa shape index (κ1) is 19.5. The monoisotopic (exact) mass is 349 g/mol. The molecule has 1 fully saturated rings. The third-order valence-corrected chi connectivity index (χ3v) is 4.19. The first-order valence-electron chi connectivity index (χ1n) is 9.13. The highest BCUT2D eigenvalue weighted by molar-refractivity contribution is 5.79. The Morgan fingerprint density at radius 3 is 2.68 bits per heavy atom. The number of rotatable bonds is 11. The summed E-state index contributed by atoms with van der Waals surface area (Å²) >= 11 is 0. The van der Waals surface area contributed by atoms with Gasteiger partial charge < -0.3 is 25.2 Å². The Labute approximate surface area is 150 Å². The molecule has 6 nitrogen and oxygen atoms in total. The van der Waals surface area contributed by atoms with Crippen LogP contribution in [0.15, 0.2) is 29.3 Å². The van der Waals surface area contributed by atoms with Crippen LogP contribution in [-0.4, -0.2) is 50.6 Å². The number of guanidine groups is 1. The van der Waals surface area contributed by atoms with Gasteiger partial charge in [0.1, 0.15) is 5.75 Å². The Kier molecular flexibility index (Phi) is 8.55. The number of methoxy groups -OCH3 is 1. The SMILES string of the molecule is CCOCCCNC(=NCc1ccc(OC)cc1)NC[C@@H](O)C1CC1. The summed E-state index contributed by atoms with van der Waals surface area (Å²) in [4.78, 5) is 4.62. The molecule has 0 unspecified atom stereocenters. The molecule has 1 aliphatic carbocycles. The predicted molar refractivity (Wildman–Crippen MR) is 100.0 cm³/mol. The van der Waals surface area contributed by atoms with Crippen LogP contribution in [0.2, 0.25) is 0 Å². The molecule has 0 radical (unpaired) electrons. The van der Waals surface area contributed by atoms with Gasteiger partial charge in [0.2, 0.25) is 0 Å². The lowest BCUT2D eigenvalue weighted by Gasteiger charge is -2.15. The summed E-state index contributed by atoms with van der Waals surface area (Å²) in [5, 5.41) is 16.6. The number of benzene rings is 1. The first-order valence-corrected chi connectivity index (χ1v) is 9.13. The molecule has 1 aromatic carbocycles. The summed E-state index contributed by atoms with van der Waals surface area (Å²) in [7, 11) is 1.66. The van der Waals surface area contributed by atoms with Crippen LogP contribution in [0, 0.1) is 5.92 Å². The van der Waals surface area contributed by atoms with Crippen molar-refractivity contribution in [3.63, 3.8) is 0 Å². The minimum atomic E-state index is -0.295. The fourth-order valence-corrected chi connectivity index (χ4v) is 2.45. The third-order valence-electron chi connectivity index (χ3n) is 4.19. The normalized spacial score (nSPS) is 15.7. The lowest BCUT2D eigenvalue weighted by molar-refractivity contribution is 0.145. The summed E-state index contributed by atoms with van der Waals surface area (Å²) in [6, 6.07) is 7.89.